The maximum absolute atomic E-state index is 6.28. The average Bonchev–Trinajstić information content (AvgIpc) is 2.75. The monoisotopic (exact) mass is 338 g/mol. The summed E-state index contributed by atoms with van der Waals surface area (Å²) in [5.74, 6) is 0. The molecular formula is C13H8BrClN2S. The second-order valence-corrected chi connectivity index (χ2v) is 6.11. The molecule has 18 heavy (non-hydrogen) atoms. The van der Waals surface area contributed by atoms with Crippen LogP contribution in [-0.2, 0) is 0 Å². The second kappa shape index (κ2) is 4.53. The molecule has 3 aromatic rings. The van der Waals surface area contributed by atoms with Gasteiger partial charge in [0.15, 0.2) is 0 Å². The number of halogens is 2. The molecule has 0 spiro atoms. The van der Waals surface area contributed by atoms with Crippen LogP contribution in [-0.4, -0.2) is 4.98 Å². The number of rotatable bonds is 1. The van der Waals surface area contributed by atoms with Gasteiger partial charge in [-0.2, -0.15) is 0 Å². The van der Waals surface area contributed by atoms with E-state index < -0.39 is 0 Å². The first-order chi connectivity index (χ1) is 8.65. The van der Waals surface area contributed by atoms with E-state index in [1.54, 1.807) is 11.3 Å². The topological polar surface area (TPSA) is 38.9 Å². The number of aromatic nitrogens is 1. The summed E-state index contributed by atoms with van der Waals surface area (Å²) < 4.78 is 1.95. The molecule has 2 aromatic carbocycles. The van der Waals surface area contributed by atoms with Crippen LogP contribution in [0.15, 0.2) is 40.9 Å². The lowest BCUT2D eigenvalue weighted by atomic mass is 10.2. The highest BCUT2D eigenvalue weighted by Gasteiger charge is 2.11. The average molecular weight is 340 g/mol. The predicted octanol–water partition coefficient (Wildman–Crippen LogP) is 4.96. The summed E-state index contributed by atoms with van der Waals surface area (Å²) in [4.78, 5) is 4.58. The van der Waals surface area contributed by atoms with E-state index in [0.717, 1.165) is 30.9 Å². The fraction of sp³-hybridized carbons (Fsp3) is 0. The van der Waals surface area contributed by atoms with Crippen molar-refractivity contribution in [2.75, 3.05) is 5.73 Å². The first kappa shape index (κ1) is 12.0. The van der Waals surface area contributed by atoms with E-state index in [2.05, 4.69) is 20.9 Å². The molecule has 0 aliphatic carbocycles. The first-order valence-electron chi connectivity index (χ1n) is 5.25. The van der Waals surface area contributed by atoms with Crippen molar-refractivity contribution in [2.45, 2.75) is 0 Å². The summed E-state index contributed by atoms with van der Waals surface area (Å²) in [5.41, 5.74) is 8.40. The normalized spacial score (nSPS) is 11.0. The highest BCUT2D eigenvalue weighted by atomic mass is 79.9. The molecule has 5 heteroatoms. The van der Waals surface area contributed by atoms with Crippen LogP contribution in [0.2, 0.25) is 5.02 Å². The molecule has 0 fully saturated rings. The lowest BCUT2D eigenvalue weighted by Gasteiger charge is -2.01. The van der Waals surface area contributed by atoms with Gasteiger partial charge in [-0.1, -0.05) is 23.7 Å². The van der Waals surface area contributed by atoms with Crippen LogP contribution in [0.3, 0.4) is 0 Å². The number of nitrogens with two attached hydrogens (primary N) is 1. The third kappa shape index (κ3) is 2.00. The van der Waals surface area contributed by atoms with Crippen LogP contribution >= 0.6 is 38.9 Å². The summed E-state index contributed by atoms with van der Waals surface area (Å²) in [6, 6.07) is 11.5. The molecule has 2 nitrogen and oxygen atoms in total. The maximum Gasteiger partial charge on any atom is 0.126 e. The minimum absolute atomic E-state index is 0.685. The van der Waals surface area contributed by atoms with Crippen molar-refractivity contribution in [3.63, 3.8) is 0 Å². The Labute approximate surface area is 122 Å². The van der Waals surface area contributed by atoms with Crippen molar-refractivity contribution in [1.29, 1.82) is 0 Å². The number of nitrogens with zero attached hydrogens (tertiary/aromatic N) is 1. The zero-order valence-corrected chi connectivity index (χ0v) is 12.3. The van der Waals surface area contributed by atoms with E-state index in [1.807, 2.05) is 36.4 Å². The van der Waals surface area contributed by atoms with Crippen LogP contribution < -0.4 is 5.73 Å². The minimum Gasteiger partial charge on any atom is -0.399 e. The summed E-state index contributed by atoms with van der Waals surface area (Å²) in [5, 5.41) is 1.59. The smallest absolute Gasteiger partial charge is 0.126 e. The van der Waals surface area contributed by atoms with Gasteiger partial charge in [0.2, 0.25) is 0 Å². The third-order valence-electron chi connectivity index (χ3n) is 2.59. The molecule has 0 radical (unpaired) electrons. The van der Waals surface area contributed by atoms with E-state index >= 15 is 0 Å². The minimum atomic E-state index is 0.685. The molecule has 2 N–H and O–H groups in total. The van der Waals surface area contributed by atoms with E-state index in [1.165, 1.54) is 0 Å². The van der Waals surface area contributed by atoms with Crippen molar-refractivity contribution in [3.05, 3.63) is 45.9 Å². The van der Waals surface area contributed by atoms with E-state index in [0.29, 0.717) is 5.02 Å². The number of thiazole rings is 1. The number of hydrogen-bond acceptors (Lipinski definition) is 3. The fourth-order valence-electron chi connectivity index (χ4n) is 1.73. The lowest BCUT2D eigenvalue weighted by molar-refractivity contribution is 1.47. The van der Waals surface area contributed by atoms with Crippen LogP contribution in [0.4, 0.5) is 5.69 Å². The highest BCUT2D eigenvalue weighted by Crippen LogP contribution is 2.37. The van der Waals surface area contributed by atoms with Crippen LogP contribution in [0.5, 0.6) is 0 Å². The summed E-state index contributed by atoms with van der Waals surface area (Å²) >= 11 is 11.3. The number of anilines is 1. The van der Waals surface area contributed by atoms with Gasteiger partial charge in [-0.3, -0.25) is 0 Å². The van der Waals surface area contributed by atoms with Gasteiger partial charge in [-0.25, -0.2) is 4.98 Å². The molecule has 0 aliphatic heterocycles. The summed E-state index contributed by atoms with van der Waals surface area (Å²) in [6.45, 7) is 0. The molecule has 0 bridgehead atoms. The van der Waals surface area contributed by atoms with Crippen LogP contribution in [0.25, 0.3) is 20.8 Å². The Hall–Kier alpha value is -1.10. The molecule has 0 amide bonds. The Morgan fingerprint density at radius 2 is 2.06 bits per heavy atom. The van der Waals surface area contributed by atoms with Gasteiger partial charge in [-0.15, -0.1) is 11.3 Å². The maximum atomic E-state index is 6.28. The third-order valence-corrected chi connectivity index (χ3v) is 4.94. The van der Waals surface area contributed by atoms with Gasteiger partial charge in [0.25, 0.3) is 0 Å². The Kier molecular flexibility index (Phi) is 3.01. The van der Waals surface area contributed by atoms with E-state index in [4.69, 9.17) is 17.3 Å². The van der Waals surface area contributed by atoms with E-state index in [-0.39, 0.29) is 0 Å². The van der Waals surface area contributed by atoms with Gasteiger partial charge in [-0.05, 0) is 40.2 Å². The van der Waals surface area contributed by atoms with Crippen molar-refractivity contribution in [3.8, 4) is 10.6 Å². The number of fused-ring (bicyclic) bond motifs is 1. The molecule has 0 aliphatic rings. The number of hydrogen-bond donors (Lipinski definition) is 1. The quantitative estimate of drug-likeness (QED) is 0.636. The predicted molar refractivity (Wildman–Crippen MR) is 82.2 cm³/mol. The lowest BCUT2D eigenvalue weighted by Crippen LogP contribution is -1.81. The Morgan fingerprint density at radius 1 is 1.22 bits per heavy atom. The van der Waals surface area contributed by atoms with Crippen molar-refractivity contribution in [1.82, 2.24) is 4.98 Å². The summed E-state index contributed by atoms with van der Waals surface area (Å²) in [6.07, 6.45) is 0. The highest BCUT2D eigenvalue weighted by molar-refractivity contribution is 9.10. The SMILES string of the molecule is Nc1ccc2nc(-c3cccc(Br)c3Cl)sc2c1. The fourth-order valence-corrected chi connectivity index (χ4v) is 3.41. The zero-order chi connectivity index (χ0) is 12.7. The number of benzene rings is 2. The number of nitrogen functional groups attached to an aromatic ring is 1. The van der Waals surface area contributed by atoms with Gasteiger partial charge >= 0.3 is 0 Å². The molecule has 0 saturated heterocycles. The molecule has 1 aromatic heterocycles. The second-order valence-electron chi connectivity index (χ2n) is 3.85. The van der Waals surface area contributed by atoms with Gasteiger partial charge in [0, 0.05) is 15.7 Å². The molecule has 90 valence electrons. The van der Waals surface area contributed by atoms with Crippen LogP contribution in [0, 0.1) is 0 Å². The van der Waals surface area contributed by atoms with Crippen molar-refractivity contribution in [2.24, 2.45) is 0 Å². The standard InChI is InChI=1S/C13H8BrClN2S/c14-9-3-1-2-8(12(9)15)13-17-10-5-4-7(16)6-11(10)18-13/h1-6H,16H2. The molecule has 1 heterocycles. The first-order valence-corrected chi connectivity index (χ1v) is 7.24. The Morgan fingerprint density at radius 3 is 2.89 bits per heavy atom. The largest absolute Gasteiger partial charge is 0.399 e. The molecular weight excluding hydrogens is 332 g/mol. The van der Waals surface area contributed by atoms with Gasteiger partial charge < -0.3 is 5.73 Å². The Bertz CT molecular complexity index is 739. The zero-order valence-electron chi connectivity index (χ0n) is 9.15. The van der Waals surface area contributed by atoms with Crippen molar-refractivity contribution >= 4 is 54.8 Å². The Balaban J connectivity index is 2.22. The van der Waals surface area contributed by atoms with Crippen molar-refractivity contribution < 1.29 is 0 Å². The van der Waals surface area contributed by atoms with Gasteiger partial charge in [0.1, 0.15) is 5.01 Å². The molecule has 3 rings (SSSR count). The van der Waals surface area contributed by atoms with Crippen LogP contribution in [0.1, 0.15) is 0 Å². The molecule has 0 saturated carbocycles. The molecule has 0 atom stereocenters. The van der Waals surface area contributed by atoms with Gasteiger partial charge in [0.05, 0.1) is 15.2 Å². The molecule has 0 unspecified atom stereocenters. The summed E-state index contributed by atoms with van der Waals surface area (Å²) in [7, 11) is 0. The van der Waals surface area contributed by atoms with E-state index in [9.17, 15) is 0 Å².